The fourth-order valence-electron chi connectivity index (χ4n) is 2.62. The molecule has 1 unspecified atom stereocenters. The number of rotatable bonds is 4. The quantitative estimate of drug-likeness (QED) is 0.834. The second kappa shape index (κ2) is 6.99. The molecule has 1 aromatic carbocycles. The van der Waals surface area contributed by atoms with Crippen LogP contribution in [0, 0.1) is 5.82 Å². The zero-order chi connectivity index (χ0) is 17.3. The number of nitrogens with zero attached hydrogens (tertiary/aromatic N) is 2. The minimum Gasteiger partial charge on any atom is -0.319 e. The Hall–Kier alpha value is -1.79. The molecule has 2 aromatic rings. The molecule has 2 heterocycles. The van der Waals surface area contributed by atoms with Crippen molar-refractivity contribution in [3.8, 4) is 0 Å². The molecule has 1 fully saturated rings. The normalized spacial score (nSPS) is 17.5. The van der Waals surface area contributed by atoms with Crippen molar-refractivity contribution < 1.29 is 9.18 Å². The summed E-state index contributed by atoms with van der Waals surface area (Å²) in [5.74, 6) is -0.0261. The number of aromatic nitrogens is 1. The van der Waals surface area contributed by atoms with Gasteiger partial charge >= 0.3 is 0 Å². The summed E-state index contributed by atoms with van der Waals surface area (Å²) in [6, 6.07) is 7.76. The number of halogens is 2. The van der Waals surface area contributed by atoms with Crippen molar-refractivity contribution in [2.45, 2.75) is 17.4 Å². The minimum absolute atomic E-state index is 0.0734. The van der Waals surface area contributed by atoms with Gasteiger partial charge in [-0.25, -0.2) is 4.39 Å². The van der Waals surface area contributed by atoms with Crippen LogP contribution in [-0.4, -0.2) is 22.3 Å². The van der Waals surface area contributed by atoms with E-state index in [1.165, 1.54) is 33.4 Å². The zero-order valence-electron chi connectivity index (χ0n) is 13.0. The summed E-state index contributed by atoms with van der Waals surface area (Å²) in [6.45, 7) is 0.478. The smallest absolute Gasteiger partial charge is 0.250 e. The highest BCUT2D eigenvalue weighted by Gasteiger charge is 2.34. The largest absolute Gasteiger partial charge is 0.319 e. The van der Waals surface area contributed by atoms with Gasteiger partial charge in [-0.1, -0.05) is 11.6 Å². The van der Waals surface area contributed by atoms with Gasteiger partial charge in [0, 0.05) is 36.6 Å². The average molecular weight is 367 g/mol. The van der Waals surface area contributed by atoms with E-state index in [9.17, 15) is 14.0 Å². The fraction of sp³-hybridized carbons (Fsp3) is 0.294. The number of amides is 1. The molecule has 1 aliphatic rings. The molecule has 1 amide bonds. The van der Waals surface area contributed by atoms with Crippen molar-refractivity contribution in [3.05, 3.63) is 63.3 Å². The Morgan fingerprint density at radius 3 is 2.79 bits per heavy atom. The lowest BCUT2D eigenvalue weighted by molar-refractivity contribution is -0.116. The number of anilines is 1. The van der Waals surface area contributed by atoms with Gasteiger partial charge < -0.3 is 9.47 Å². The molecule has 1 atom stereocenters. The lowest BCUT2D eigenvalue weighted by Gasteiger charge is -2.17. The van der Waals surface area contributed by atoms with Gasteiger partial charge in [0.25, 0.3) is 5.56 Å². The molecule has 1 aliphatic heterocycles. The van der Waals surface area contributed by atoms with E-state index in [4.69, 9.17) is 11.6 Å². The van der Waals surface area contributed by atoms with Crippen molar-refractivity contribution in [2.75, 3.05) is 11.4 Å². The molecule has 0 spiro atoms. The second-order valence-corrected chi connectivity index (χ2v) is 7.29. The minimum atomic E-state index is -0.493. The molecule has 0 bridgehead atoms. The predicted molar refractivity (Wildman–Crippen MR) is 95.1 cm³/mol. The third kappa shape index (κ3) is 3.49. The maximum absolute atomic E-state index is 14.0. The van der Waals surface area contributed by atoms with Gasteiger partial charge in [-0.05, 0) is 36.2 Å². The summed E-state index contributed by atoms with van der Waals surface area (Å²) in [5, 5.41) is 0.0728. The third-order valence-electron chi connectivity index (χ3n) is 3.98. The van der Waals surface area contributed by atoms with Crippen LogP contribution in [0.15, 0.2) is 41.3 Å². The first kappa shape index (κ1) is 17.0. The van der Waals surface area contributed by atoms with Crippen LogP contribution in [0.4, 0.5) is 10.1 Å². The first-order chi connectivity index (χ1) is 11.5. The van der Waals surface area contributed by atoms with Crippen LogP contribution < -0.4 is 10.5 Å². The SMILES string of the molecule is Cn1ccc(CSC2CCN(c3ccc(Cl)cc3F)C2=O)cc1=O. The van der Waals surface area contributed by atoms with Gasteiger partial charge in [0.1, 0.15) is 5.82 Å². The third-order valence-corrected chi connectivity index (χ3v) is 5.55. The van der Waals surface area contributed by atoms with E-state index in [0.29, 0.717) is 23.7 Å². The summed E-state index contributed by atoms with van der Waals surface area (Å²) in [5.41, 5.74) is 1.07. The van der Waals surface area contributed by atoms with E-state index in [0.717, 1.165) is 5.56 Å². The molecule has 126 valence electrons. The Morgan fingerprint density at radius 1 is 1.29 bits per heavy atom. The van der Waals surface area contributed by atoms with Crippen molar-refractivity contribution in [1.29, 1.82) is 0 Å². The average Bonchev–Trinajstić information content (AvgIpc) is 2.89. The fourth-order valence-corrected chi connectivity index (χ4v) is 3.90. The van der Waals surface area contributed by atoms with Crippen LogP contribution in [0.5, 0.6) is 0 Å². The standard InChI is InChI=1S/C17H16ClFN2O2S/c1-20-6-4-11(8-16(20)22)10-24-15-5-7-21(17(15)23)14-3-2-12(18)9-13(14)19/h2-4,6,8-9,15H,5,7,10H2,1H3. The van der Waals surface area contributed by atoms with Gasteiger partial charge in [0.2, 0.25) is 5.91 Å². The van der Waals surface area contributed by atoms with Crippen LogP contribution in [0.3, 0.4) is 0 Å². The van der Waals surface area contributed by atoms with E-state index < -0.39 is 5.82 Å². The number of hydrogen-bond acceptors (Lipinski definition) is 3. The van der Waals surface area contributed by atoms with Crippen molar-refractivity contribution in [1.82, 2.24) is 4.57 Å². The van der Waals surface area contributed by atoms with Crippen LogP contribution in [0.25, 0.3) is 0 Å². The lowest BCUT2D eigenvalue weighted by Crippen LogP contribution is -2.28. The Labute approximate surface area is 148 Å². The molecule has 0 aliphatic carbocycles. The lowest BCUT2D eigenvalue weighted by atomic mass is 10.3. The van der Waals surface area contributed by atoms with Crippen molar-refractivity contribution in [2.24, 2.45) is 7.05 Å². The van der Waals surface area contributed by atoms with Crippen molar-refractivity contribution >= 4 is 35.0 Å². The number of carbonyl (C=O) groups excluding carboxylic acids is 1. The highest BCUT2D eigenvalue weighted by Crippen LogP contribution is 2.32. The van der Waals surface area contributed by atoms with Crippen molar-refractivity contribution in [3.63, 3.8) is 0 Å². The van der Waals surface area contributed by atoms with E-state index in [-0.39, 0.29) is 22.4 Å². The van der Waals surface area contributed by atoms with Crippen LogP contribution in [0.1, 0.15) is 12.0 Å². The van der Waals surface area contributed by atoms with Crippen LogP contribution in [-0.2, 0) is 17.6 Å². The van der Waals surface area contributed by atoms with E-state index in [1.54, 1.807) is 25.4 Å². The van der Waals surface area contributed by atoms with Gasteiger partial charge in [-0.15, -0.1) is 11.8 Å². The molecule has 7 heteroatoms. The predicted octanol–water partition coefficient (Wildman–Crippen LogP) is 3.22. The van der Waals surface area contributed by atoms with Gasteiger partial charge in [0.15, 0.2) is 0 Å². The highest BCUT2D eigenvalue weighted by molar-refractivity contribution is 7.99. The number of benzene rings is 1. The zero-order valence-corrected chi connectivity index (χ0v) is 14.6. The van der Waals surface area contributed by atoms with Crippen LogP contribution >= 0.6 is 23.4 Å². The first-order valence-electron chi connectivity index (χ1n) is 7.49. The summed E-state index contributed by atoms with van der Waals surface area (Å²) in [7, 11) is 1.69. The van der Waals surface area contributed by atoms with Crippen LogP contribution in [0.2, 0.25) is 5.02 Å². The summed E-state index contributed by atoms with van der Waals surface area (Å²) < 4.78 is 15.5. The molecule has 0 N–H and O–H groups in total. The van der Waals surface area contributed by atoms with Gasteiger partial charge in [0.05, 0.1) is 10.9 Å². The van der Waals surface area contributed by atoms with Gasteiger partial charge in [-0.2, -0.15) is 0 Å². The Kier molecular flexibility index (Phi) is 4.96. The second-order valence-electron chi connectivity index (χ2n) is 5.66. The molecule has 0 radical (unpaired) electrons. The number of aryl methyl sites for hydroxylation is 1. The molecule has 4 nitrogen and oxygen atoms in total. The Balaban J connectivity index is 1.67. The topological polar surface area (TPSA) is 42.3 Å². The highest BCUT2D eigenvalue weighted by atomic mass is 35.5. The molecule has 3 rings (SSSR count). The summed E-state index contributed by atoms with van der Waals surface area (Å²) >= 11 is 7.23. The van der Waals surface area contributed by atoms with E-state index in [2.05, 4.69) is 0 Å². The molecule has 1 aromatic heterocycles. The maximum atomic E-state index is 14.0. The molecule has 24 heavy (non-hydrogen) atoms. The molecule has 1 saturated heterocycles. The number of pyridine rings is 1. The number of hydrogen-bond donors (Lipinski definition) is 0. The van der Waals surface area contributed by atoms with E-state index in [1.807, 2.05) is 6.07 Å². The maximum Gasteiger partial charge on any atom is 0.250 e. The summed E-state index contributed by atoms with van der Waals surface area (Å²) in [4.78, 5) is 25.6. The number of thioether (sulfide) groups is 1. The molecular formula is C17H16ClFN2O2S. The van der Waals surface area contributed by atoms with Gasteiger partial charge in [-0.3, -0.25) is 9.59 Å². The Morgan fingerprint density at radius 2 is 2.08 bits per heavy atom. The number of carbonyl (C=O) groups is 1. The molecular weight excluding hydrogens is 351 g/mol. The summed E-state index contributed by atoms with van der Waals surface area (Å²) in [6.07, 6.45) is 2.36. The molecule has 0 saturated carbocycles. The monoisotopic (exact) mass is 366 g/mol. The Bertz CT molecular complexity index is 840. The first-order valence-corrected chi connectivity index (χ1v) is 8.92. The van der Waals surface area contributed by atoms with E-state index >= 15 is 0 Å².